The number of urea groups is 2. The molecule has 98 heavy (non-hydrogen) atoms. The molecule has 7 aliphatic heterocycles. The van der Waals surface area contributed by atoms with Crippen molar-refractivity contribution >= 4 is 41.3 Å². The lowest BCUT2D eigenvalue weighted by atomic mass is 9.88. The van der Waals surface area contributed by atoms with E-state index in [2.05, 4.69) is 22.2 Å². The summed E-state index contributed by atoms with van der Waals surface area (Å²) in [6.07, 6.45) is 2.14. The number of hydrogen-bond acceptors (Lipinski definition) is 11. The van der Waals surface area contributed by atoms with E-state index in [-0.39, 0.29) is 108 Å². The largest absolute Gasteiger partial charge is 0.449 e. The summed E-state index contributed by atoms with van der Waals surface area (Å²) in [6, 6.07) is 37.0. The van der Waals surface area contributed by atoms with E-state index in [0.717, 1.165) is 40.7 Å². The standard InChI is InChI=1S/C21H22F2N2O.C20H21F2N3O.C10H18FNO2.C9H17FN2O2.C8H7ClO2.C5H10FN/c1-2-21(23)13-24(14-21)20(26)25-12-11-15-5-3-4-6-18(15)19(25)16-7-9-17(22)10-8-16;21-16-7-5-15(6-8-16)18-17-4-2-1-3-14(17)9-10-25(18)19(26)24-12-20(22,11-23)13-24;1-5-10(11)6-12(7-10)8(13)14-9(2,3)4;1-8(2,3)14-7(13)12-5-9(10,4-11)6-12;9-8(10)11-6-7-4-2-1-3-5-7;1-2-5(6)3-7-4-5/h3-10,19H,2,11-14H2,1H3;1-8,18H,9-13,23H2;5-7H2,1-4H3;4-6,11H2,1-3H3;1-5H,6H2;7H,2-4H2,1H3/t19-;18-;;;;/m00..../s1. The predicted octanol–water partition coefficient (Wildman–Crippen LogP) is 13.7. The minimum atomic E-state index is -1.48. The molecule has 0 bridgehead atoms. The maximum absolute atomic E-state index is 14.3. The highest BCUT2D eigenvalue weighted by Crippen LogP contribution is 2.40. The van der Waals surface area contributed by atoms with Gasteiger partial charge in [-0.05, 0) is 137 Å². The molecule has 17 nitrogen and oxygen atoms in total. The number of hydrogen-bond donors (Lipinski definition) is 3. The molecule has 5 fully saturated rings. The monoisotopic (exact) mass is 1390 g/mol. The van der Waals surface area contributed by atoms with Gasteiger partial charge in [0.25, 0.3) is 0 Å². The van der Waals surface area contributed by atoms with Crippen LogP contribution in [0.1, 0.15) is 133 Å². The topological polar surface area (TPSA) is 197 Å². The van der Waals surface area contributed by atoms with Gasteiger partial charge in [0.15, 0.2) is 11.3 Å². The number of nitrogens with one attached hydrogen (secondary N) is 1. The summed E-state index contributed by atoms with van der Waals surface area (Å²) in [7, 11) is 0. The molecule has 0 aliphatic carbocycles. The van der Waals surface area contributed by atoms with Gasteiger partial charge in [-0.3, -0.25) is 0 Å². The van der Waals surface area contributed by atoms with Crippen molar-refractivity contribution in [3.8, 4) is 0 Å². The lowest BCUT2D eigenvalue weighted by Crippen LogP contribution is -2.66. The average Bonchev–Trinajstić information content (AvgIpc) is 0.765. The zero-order chi connectivity index (χ0) is 72.0. The van der Waals surface area contributed by atoms with Gasteiger partial charge < -0.3 is 60.4 Å². The van der Waals surface area contributed by atoms with Crippen LogP contribution < -0.4 is 16.8 Å². The number of amides is 6. The van der Waals surface area contributed by atoms with Crippen molar-refractivity contribution in [2.75, 3.05) is 91.6 Å². The first-order valence-corrected chi connectivity index (χ1v) is 33.6. The van der Waals surface area contributed by atoms with E-state index in [4.69, 9.17) is 32.5 Å². The number of nitrogens with zero attached hydrogens (tertiary/aromatic N) is 6. The van der Waals surface area contributed by atoms with E-state index in [0.29, 0.717) is 45.4 Å². The fourth-order valence-electron chi connectivity index (χ4n) is 11.7. The van der Waals surface area contributed by atoms with Gasteiger partial charge in [-0.25, -0.2) is 54.7 Å². The molecule has 25 heteroatoms. The summed E-state index contributed by atoms with van der Waals surface area (Å²) < 4.78 is 109. The smallest absolute Gasteiger partial charge is 0.410 e. The molecule has 12 rings (SSSR count). The number of nitrogens with two attached hydrogens (primary N) is 2. The third kappa shape index (κ3) is 21.2. The first-order valence-electron chi connectivity index (χ1n) is 33.2. The van der Waals surface area contributed by atoms with E-state index < -0.39 is 57.2 Å². The molecule has 2 atom stereocenters. The van der Waals surface area contributed by atoms with Crippen LogP contribution in [-0.4, -0.2) is 190 Å². The number of fused-ring (bicyclic) bond motifs is 2. The van der Waals surface area contributed by atoms with Crippen LogP contribution in [0.4, 0.5) is 54.7 Å². The molecule has 0 radical (unpaired) electrons. The van der Waals surface area contributed by atoms with Crippen LogP contribution in [0, 0.1) is 11.6 Å². The molecule has 0 aromatic heterocycles. The normalized spacial score (nSPS) is 19.9. The van der Waals surface area contributed by atoms with Gasteiger partial charge in [0.2, 0.25) is 0 Å². The third-order valence-corrected chi connectivity index (χ3v) is 17.9. The van der Waals surface area contributed by atoms with Crippen LogP contribution in [0.5, 0.6) is 0 Å². The zero-order valence-electron chi connectivity index (χ0n) is 57.5. The Morgan fingerprint density at radius 2 is 0.827 bits per heavy atom. The molecular formula is C73H95ClF7N9O8. The minimum absolute atomic E-state index is 0.0244. The molecule has 5 aromatic rings. The van der Waals surface area contributed by atoms with Crippen molar-refractivity contribution < 1.29 is 68.9 Å². The first-order chi connectivity index (χ1) is 46.1. The van der Waals surface area contributed by atoms with Crippen LogP contribution in [0.25, 0.3) is 0 Å². The quantitative estimate of drug-likeness (QED) is 0.0721. The van der Waals surface area contributed by atoms with Crippen LogP contribution >= 0.6 is 11.6 Å². The van der Waals surface area contributed by atoms with Crippen LogP contribution in [0.3, 0.4) is 0 Å². The number of carbonyl (C=O) groups is 5. The lowest BCUT2D eigenvalue weighted by molar-refractivity contribution is -0.0520. The molecule has 5 aromatic carbocycles. The van der Waals surface area contributed by atoms with Crippen molar-refractivity contribution in [1.29, 1.82) is 0 Å². The van der Waals surface area contributed by atoms with Crippen LogP contribution in [-0.2, 0) is 33.7 Å². The van der Waals surface area contributed by atoms with Gasteiger partial charge in [-0.2, -0.15) is 0 Å². The fraction of sp³-hybridized carbons (Fsp3) is 0.521. The van der Waals surface area contributed by atoms with E-state index in [1.807, 2.05) is 73.7 Å². The molecule has 5 N–H and O–H groups in total. The molecule has 6 amide bonds. The predicted molar refractivity (Wildman–Crippen MR) is 363 cm³/mol. The van der Waals surface area contributed by atoms with Gasteiger partial charge in [-0.15, -0.1) is 0 Å². The average molecular weight is 1400 g/mol. The molecule has 7 aliphatic rings. The Morgan fingerprint density at radius 1 is 0.490 bits per heavy atom. The van der Waals surface area contributed by atoms with Crippen LogP contribution in [0.2, 0.25) is 0 Å². The molecule has 0 unspecified atom stereocenters. The Kier molecular flexibility index (Phi) is 26.2. The number of ether oxygens (including phenoxy) is 3. The second-order valence-electron chi connectivity index (χ2n) is 28.0. The molecule has 536 valence electrons. The number of benzene rings is 5. The van der Waals surface area contributed by atoms with Crippen molar-refractivity contribution in [2.24, 2.45) is 11.5 Å². The Balaban J connectivity index is 0.000000174. The highest BCUT2D eigenvalue weighted by molar-refractivity contribution is 6.61. The highest BCUT2D eigenvalue weighted by Gasteiger charge is 2.50. The molecule has 0 saturated carbocycles. The second-order valence-corrected chi connectivity index (χ2v) is 28.3. The van der Waals surface area contributed by atoms with E-state index in [1.165, 1.54) is 50.1 Å². The molecule has 7 heterocycles. The Bertz CT molecular complexity index is 3260. The molecular weight excluding hydrogens is 1300 g/mol. The summed E-state index contributed by atoms with van der Waals surface area (Å²) in [5.41, 5.74) is 9.78. The summed E-state index contributed by atoms with van der Waals surface area (Å²) in [5.74, 6) is -0.618. The van der Waals surface area contributed by atoms with Crippen molar-refractivity contribution in [3.05, 3.63) is 178 Å². The number of likely N-dealkylation sites (tertiary alicyclic amines) is 4. The fourth-order valence-corrected chi connectivity index (χ4v) is 11.8. The van der Waals surface area contributed by atoms with E-state index in [9.17, 15) is 54.7 Å². The van der Waals surface area contributed by atoms with Crippen molar-refractivity contribution in [3.63, 3.8) is 0 Å². The second kappa shape index (κ2) is 33.0. The van der Waals surface area contributed by atoms with Gasteiger partial charge in [0.1, 0.15) is 46.4 Å². The number of alkyl halides is 5. The molecule has 0 spiro atoms. The Morgan fingerprint density at radius 3 is 1.14 bits per heavy atom. The number of carbonyl (C=O) groups excluding carboxylic acids is 5. The van der Waals surface area contributed by atoms with Crippen LogP contribution in [0.15, 0.2) is 127 Å². The maximum Gasteiger partial charge on any atom is 0.410 e. The molecule has 5 saturated heterocycles. The summed E-state index contributed by atoms with van der Waals surface area (Å²) in [4.78, 5) is 68.3. The third-order valence-electron chi connectivity index (χ3n) is 17.8. The summed E-state index contributed by atoms with van der Waals surface area (Å²) in [5, 5.41) is 2.88. The minimum Gasteiger partial charge on any atom is -0.449 e. The van der Waals surface area contributed by atoms with E-state index >= 15 is 0 Å². The van der Waals surface area contributed by atoms with Crippen molar-refractivity contribution in [1.82, 2.24) is 34.7 Å². The zero-order valence-corrected chi connectivity index (χ0v) is 58.3. The maximum atomic E-state index is 14.3. The first kappa shape index (κ1) is 77.7. The van der Waals surface area contributed by atoms with Gasteiger partial charge in [-0.1, -0.05) is 124 Å². The van der Waals surface area contributed by atoms with Gasteiger partial charge >= 0.3 is 29.7 Å². The summed E-state index contributed by atoms with van der Waals surface area (Å²) in [6.45, 7) is 19.3. The number of rotatable bonds is 9. The summed E-state index contributed by atoms with van der Waals surface area (Å²) >= 11 is 4.97. The lowest BCUT2D eigenvalue weighted by Gasteiger charge is -2.48. The van der Waals surface area contributed by atoms with Crippen molar-refractivity contribution in [2.45, 2.75) is 153 Å². The van der Waals surface area contributed by atoms with E-state index in [1.54, 1.807) is 94.4 Å². The Labute approximate surface area is 576 Å². The SMILES string of the molecule is CC(C)(C)OC(=O)N1CC(F)(CN)C1.CCC1(F)CN(C(=O)N2CCc3ccccc3[C@@H]2c2ccc(F)cc2)C1.CCC1(F)CN(C(=O)OC(C)(C)C)C1.CCC1(F)CNC1.NCC1(F)CN(C(=O)N2CCc3ccccc3[C@@H]2c2ccc(F)cc2)C1.O=C(Cl)OCc1ccccc1. The Hall–Kier alpha value is -7.67. The van der Waals surface area contributed by atoms with Gasteiger partial charge in [0, 0.05) is 50.9 Å². The highest BCUT2D eigenvalue weighted by atomic mass is 35.5. The van der Waals surface area contributed by atoms with Gasteiger partial charge in [0.05, 0.1) is 64.4 Å². The number of halogens is 8.